The molecule has 4 heteroatoms. The largest absolute Gasteiger partial charge is 0.506 e. The Labute approximate surface area is 110 Å². The molecule has 0 radical (unpaired) electrons. The summed E-state index contributed by atoms with van der Waals surface area (Å²) in [5, 5.41) is 14.4. The second-order valence-electron chi connectivity index (χ2n) is 3.99. The molecule has 2 aromatic rings. The van der Waals surface area contributed by atoms with Crippen LogP contribution in [0.4, 0.5) is 0 Å². The van der Waals surface area contributed by atoms with Crippen molar-refractivity contribution in [2.45, 2.75) is 5.75 Å². The van der Waals surface area contributed by atoms with Gasteiger partial charge < -0.3 is 10.4 Å². The molecule has 0 saturated carbocycles. The number of phenols is 1. The molecule has 18 heavy (non-hydrogen) atoms. The summed E-state index contributed by atoms with van der Waals surface area (Å²) in [7, 11) is 1.56. The minimum Gasteiger partial charge on any atom is -0.506 e. The Bertz CT molecular complexity index is 596. The number of rotatable bonds is 3. The smallest absolute Gasteiger partial charge is 0.254 e. The van der Waals surface area contributed by atoms with Crippen LogP contribution in [0, 0.1) is 0 Å². The predicted molar refractivity (Wildman–Crippen MR) is 76.2 cm³/mol. The molecule has 2 rings (SSSR count). The number of hydrogen-bond donors (Lipinski definition) is 2. The highest BCUT2D eigenvalue weighted by atomic mass is 32.2. The zero-order chi connectivity index (χ0) is 13.1. The van der Waals surface area contributed by atoms with Crippen LogP contribution < -0.4 is 5.32 Å². The van der Waals surface area contributed by atoms with Crippen LogP contribution in [0.3, 0.4) is 0 Å². The fourth-order valence-corrected chi connectivity index (χ4v) is 2.57. The van der Waals surface area contributed by atoms with E-state index in [0.717, 1.165) is 22.1 Å². The summed E-state index contributed by atoms with van der Waals surface area (Å²) >= 11 is 1.69. The lowest BCUT2D eigenvalue weighted by Crippen LogP contribution is -2.18. The van der Waals surface area contributed by atoms with E-state index >= 15 is 0 Å². The zero-order valence-electron chi connectivity index (χ0n) is 10.4. The van der Waals surface area contributed by atoms with E-state index in [9.17, 15) is 9.90 Å². The fourth-order valence-electron chi connectivity index (χ4n) is 2.02. The standard InChI is InChI=1S/C14H15NO2S/c1-15-14(17)12-7-9(8-18-2)10-5-3-4-6-11(10)13(12)16/h3-7,16H,8H2,1-2H3,(H,15,17). The number of carbonyl (C=O) groups excluding carboxylic acids is 1. The Morgan fingerprint density at radius 2 is 2.00 bits per heavy atom. The lowest BCUT2D eigenvalue weighted by atomic mass is 10.00. The first-order chi connectivity index (χ1) is 8.69. The summed E-state index contributed by atoms with van der Waals surface area (Å²) < 4.78 is 0. The summed E-state index contributed by atoms with van der Waals surface area (Å²) in [6.07, 6.45) is 2.02. The molecular weight excluding hydrogens is 246 g/mol. The maximum Gasteiger partial charge on any atom is 0.254 e. The average Bonchev–Trinajstić information content (AvgIpc) is 2.41. The number of carbonyl (C=O) groups is 1. The van der Waals surface area contributed by atoms with Crippen molar-refractivity contribution in [2.24, 2.45) is 0 Å². The predicted octanol–water partition coefficient (Wildman–Crippen LogP) is 2.77. The Hall–Kier alpha value is -1.68. The minimum atomic E-state index is -0.263. The molecule has 2 aromatic carbocycles. The van der Waals surface area contributed by atoms with Crippen molar-refractivity contribution >= 4 is 28.4 Å². The average molecular weight is 261 g/mol. The number of hydrogen-bond acceptors (Lipinski definition) is 3. The van der Waals surface area contributed by atoms with Crippen molar-refractivity contribution in [3.8, 4) is 5.75 Å². The monoisotopic (exact) mass is 261 g/mol. The van der Waals surface area contributed by atoms with Gasteiger partial charge in [0, 0.05) is 18.2 Å². The highest BCUT2D eigenvalue weighted by Crippen LogP contribution is 2.33. The lowest BCUT2D eigenvalue weighted by molar-refractivity contribution is 0.0960. The third kappa shape index (κ3) is 2.16. The Morgan fingerprint density at radius 3 is 2.61 bits per heavy atom. The van der Waals surface area contributed by atoms with Crippen LogP contribution in [0.2, 0.25) is 0 Å². The highest BCUT2D eigenvalue weighted by molar-refractivity contribution is 7.97. The quantitative estimate of drug-likeness (QED) is 0.893. The summed E-state index contributed by atoms with van der Waals surface area (Å²) in [6, 6.07) is 9.37. The number of aromatic hydroxyl groups is 1. The maximum absolute atomic E-state index is 11.8. The summed E-state index contributed by atoms with van der Waals surface area (Å²) in [4.78, 5) is 11.8. The van der Waals surface area contributed by atoms with E-state index in [1.54, 1.807) is 24.9 Å². The third-order valence-electron chi connectivity index (χ3n) is 2.87. The second kappa shape index (κ2) is 5.31. The number of phenolic OH excluding ortho intramolecular Hbond substituents is 1. The topological polar surface area (TPSA) is 49.3 Å². The summed E-state index contributed by atoms with van der Waals surface area (Å²) in [6.45, 7) is 0. The Morgan fingerprint density at radius 1 is 1.33 bits per heavy atom. The van der Waals surface area contributed by atoms with Crippen LogP contribution in [0.25, 0.3) is 10.8 Å². The number of thioether (sulfide) groups is 1. The Balaban J connectivity index is 2.74. The van der Waals surface area contributed by atoms with Crippen molar-refractivity contribution in [3.05, 3.63) is 41.5 Å². The first-order valence-corrected chi connectivity index (χ1v) is 7.03. The van der Waals surface area contributed by atoms with Crippen molar-refractivity contribution in [3.63, 3.8) is 0 Å². The molecule has 0 aliphatic rings. The summed E-state index contributed by atoms with van der Waals surface area (Å²) in [5.41, 5.74) is 1.40. The van der Waals surface area contributed by atoms with Crippen LogP contribution in [0.1, 0.15) is 15.9 Å². The molecule has 1 amide bonds. The van der Waals surface area contributed by atoms with E-state index in [-0.39, 0.29) is 11.7 Å². The van der Waals surface area contributed by atoms with Crippen LogP contribution in [-0.4, -0.2) is 24.3 Å². The van der Waals surface area contributed by atoms with Crippen molar-refractivity contribution in [1.82, 2.24) is 5.32 Å². The number of fused-ring (bicyclic) bond motifs is 1. The van der Waals surface area contributed by atoms with Gasteiger partial charge in [-0.25, -0.2) is 0 Å². The molecule has 0 bridgehead atoms. The van der Waals surface area contributed by atoms with Crippen LogP contribution in [-0.2, 0) is 5.75 Å². The highest BCUT2D eigenvalue weighted by Gasteiger charge is 2.15. The maximum atomic E-state index is 11.8. The van der Waals surface area contributed by atoms with Crippen LogP contribution >= 0.6 is 11.8 Å². The van der Waals surface area contributed by atoms with Crippen molar-refractivity contribution < 1.29 is 9.90 Å². The molecule has 0 heterocycles. The molecular formula is C14H15NO2S. The molecule has 0 spiro atoms. The fraction of sp³-hybridized carbons (Fsp3) is 0.214. The first-order valence-electron chi connectivity index (χ1n) is 5.63. The van der Waals surface area contributed by atoms with Gasteiger partial charge in [-0.15, -0.1) is 0 Å². The van der Waals surface area contributed by atoms with Crippen molar-refractivity contribution in [1.29, 1.82) is 0 Å². The second-order valence-corrected chi connectivity index (χ2v) is 4.86. The molecule has 0 aromatic heterocycles. The number of amides is 1. The molecule has 94 valence electrons. The van der Waals surface area contributed by atoms with Gasteiger partial charge in [-0.05, 0) is 23.3 Å². The van der Waals surface area contributed by atoms with E-state index in [1.165, 1.54) is 0 Å². The SMILES string of the molecule is CNC(=O)c1cc(CSC)c2ccccc2c1O. The number of nitrogens with one attached hydrogen (secondary N) is 1. The molecule has 0 unspecified atom stereocenters. The van der Waals surface area contributed by atoms with Crippen LogP contribution in [0.5, 0.6) is 5.75 Å². The number of benzene rings is 2. The van der Waals surface area contributed by atoms with E-state index in [1.807, 2.05) is 30.5 Å². The van der Waals surface area contributed by atoms with Gasteiger partial charge in [-0.3, -0.25) is 4.79 Å². The van der Waals surface area contributed by atoms with Gasteiger partial charge in [0.2, 0.25) is 0 Å². The van der Waals surface area contributed by atoms with Gasteiger partial charge >= 0.3 is 0 Å². The molecule has 0 saturated heterocycles. The molecule has 3 nitrogen and oxygen atoms in total. The van der Waals surface area contributed by atoms with Gasteiger partial charge in [0.05, 0.1) is 5.56 Å². The molecule has 0 aliphatic heterocycles. The molecule has 0 fully saturated rings. The minimum absolute atomic E-state index is 0.0507. The van der Waals surface area contributed by atoms with Crippen LogP contribution in [0.15, 0.2) is 30.3 Å². The summed E-state index contributed by atoms with van der Waals surface area (Å²) in [5.74, 6) is 0.598. The molecule has 0 atom stereocenters. The zero-order valence-corrected chi connectivity index (χ0v) is 11.2. The van der Waals surface area contributed by atoms with Gasteiger partial charge in [0.15, 0.2) is 0 Å². The van der Waals surface area contributed by atoms with E-state index in [2.05, 4.69) is 5.32 Å². The van der Waals surface area contributed by atoms with Gasteiger partial charge in [0.25, 0.3) is 5.91 Å². The van der Waals surface area contributed by atoms with E-state index in [4.69, 9.17) is 0 Å². The molecule has 0 aliphatic carbocycles. The normalized spacial score (nSPS) is 10.6. The molecule has 2 N–H and O–H groups in total. The van der Waals surface area contributed by atoms with E-state index < -0.39 is 0 Å². The van der Waals surface area contributed by atoms with E-state index in [0.29, 0.717) is 5.56 Å². The third-order valence-corrected chi connectivity index (χ3v) is 3.47. The Kier molecular flexibility index (Phi) is 3.77. The van der Waals surface area contributed by atoms with Crippen molar-refractivity contribution in [2.75, 3.05) is 13.3 Å². The lowest BCUT2D eigenvalue weighted by Gasteiger charge is -2.11. The first kappa shape index (κ1) is 12.8. The van der Waals surface area contributed by atoms with Gasteiger partial charge in [-0.1, -0.05) is 24.3 Å². The van der Waals surface area contributed by atoms with Gasteiger partial charge in [0.1, 0.15) is 5.75 Å². The van der Waals surface area contributed by atoms with Gasteiger partial charge in [-0.2, -0.15) is 11.8 Å².